The third-order valence-electron chi connectivity index (χ3n) is 7.17. The molecule has 0 bridgehead atoms. The molecule has 2 aliphatic heterocycles. The van der Waals surface area contributed by atoms with Crippen LogP contribution >= 0.6 is 0 Å². The minimum absolute atomic E-state index is 0.0437. The zero-order valence-corrected chi connectivity index (χ0v) is 22.2. The fraction of sp³-hybridized carbons (Fsp3) is 0.290. The number of fused-ring (bicyclic) bond motifs is 1. The maximum atomic E-state index is 14.2. The highest BCUT2D eigenvalue weighted by molar-refractivity contribution is 5.97. The molecule has 4 aromatic rings. The second-order valence-electron chi connectivity index (χ2n) is 10.0. The standard InChI is InChI=1S/C31H31N3O6/c1-20-9-13-27(40-20)29(30(35)32-17-23-8-5-15-37-23)34(18-21-10-14-26-28(16-21)39-19-38-26)31(36)25-12-11-24(33-25)22-6-3-2-4-7-22/h2-4,6-7,9-14,16,23,29,33H,5,8,15,17-19H2,1H3,(H,32,35)/t23-,29-/m1/s1. The predicted molar refractivity (Wildman–Crippen MR) is 147 cm³/mol. The number of hydrogen-bond donors (Lipinski definition) is 2. The summed E-state index contributed by atoms with van der Waals surface area (Å²) < 4.78 is 22.7. The predicted octanol–water partition coefficient (Wildman–Crippen LogP) is 4.99. The summed E-state index contributed by atoms with van der Waals surface area (Å²) in [7, 11) is 0. The van der Waals surface area contributed by atoms with Gasteiger partial charge in [0.05, 0.1) is 6.10 Å². The molecule has 2 aromatic carbocycles. The third kappa shape index (κ3) is 5.46. The molecule has 4 heterocycles. The molecule has 1 fully saturated rings. The van der Waals surface area contributed by atoms with Crippen LogP contribution in [-0.4, -0.2) is 47.7 Å². The topological polar surface area (TPSA) is 106 Å². The van der Waals surface area contributed by atoms with Gasteiger partial charge in [0.15, 0.2) is 17.5 Å². The number of carbonyl (C=O) groups excluding carboxylic acids is 2. The molecule has 2 N–H and O–H groups in total. The molecule has 2 atom stereocenters. The van der Waals surface area contributed by atoms with Gasteiger partial charge in [0.25, 0.3) is 11.8 Å². The van der Waals surface area contributed by atoms with Crippen molar-refractivity contribution in [3.63, 3.8) is 0 Å². The average molecular weight is 542 g/mol. The van der Waals surface area contributed by atoms with Crippen molar-refractivity contribution in [3.8, 4) is 22.8 Å². The van der Waals surface area contributed by atoms with Crippen LogP contribution in [0, 0.1) is 6.92 Å². The van der Waals surface area contributed by atoms with Crippen molar-refractivity contribution in [1.82, 2.24) is 15.2 Å². The Hall–Kier alpha value is -4.50. The minimum atomic E-state index is -1.02. The normalized spacial score (nSPS) is 16.6. The SMILES string of the molecule is Cc1ccc([C@H](C(=O)NC[C@H]2CCCO2)N(Cc2ccc3c(c2)OCO3)C(=O)c2ccc(-c3ccccc3)[nH]2)o1. The number of rotatable bonds is 9. The summed E-state index contributed by atoms with van der Waals surface area (Å²) in [6, 6.07) is 21.4. The lowest BCUT2D eigenvalue weighted by molar-refractivity contribution is -0.127. The molecule has 6 rings (SSSR count). The highest BCUT2D eigenvalue weighted by Gasteiger charge is 2.36. The van der Waals surface area contributed by atoms with Gasteiger partial charge in [0, 0.05) is 25.4 Å². The number of ether oxygens (including phenoxy) is 3. The molecule has 1 saturated heterocycles. The molecule has 0 aliphatic carbocycles. The van der Waals surface area contributed by atoms with Crippen LogP contribution in [0.2, 0.25) is 0 Å². The molecule has 9 nitrogen and oxygen atoms in total. The Kier molecular flexibility index (Phi) is 7.29. The number of hydrogen-bond acceptors (Lipinski definition) is 6. The van der Waals surface area contributed by atoms with E-state index in [9.17, 15) is 9.59 Å². The monoisotopic (exact) mass is 541 g/mol. The molecule has 0 radical (unpaired) electrons. The molecule has 206 valence electrons. The van der Waals surface area contributed by atoms with Gasteiger partial charge in [0.1, 0.15) is 17.2 Å². The molecule has 0 saturated carbocycles. The molecule has 0 unspecified atom stereocenters. The number of aromatic nitrogens is 1. The van der Waals surface area contributed by atoms with Crippen LogP contribution < -0.4 is 14.8 Å². The summed E-state index contributed by atoms with van der Waals surface area (Å²) in [5.41, 5.74) is 2.91. The molecule has 9 heteroatoms. The lowest BCUT2D eigenvalue weighted by Gasteiger charge is -2.30. The zero-order valence-electron chi connectivity index (χ0n) is 22.2. The summed E-state index contributed by atoms with van der Waals surface area (Å²) in [6.07, 6.45) is 1.81. The van der Waals surface area contributed by atoms with Gasteiger partial charge >= 0.3 is 0 Å². The van der Waals surface area contributed by atoms with Gasteiger partial charge in [-0.25, -0.2) is 0 Å². The molecule has 0 spiro atoms. The van der Waals surface area contributed by atoms with E-state index in [2.05, 4.69) is 10.3 Å². The number of furan rings is 1. The quantitative estimate of drug-likeness (QED) is 0.309. The van der Waals surface area contributed by atoms with Gasteiger partial charge < -0.3 is 33.8 Å². The van der Waals surface area contributed by atoms with E-state index in [4.69, 9.17) is 18.6 Å². The molecular weight excluding hydrogens is 510 g/mol. The molecular formula is C31H31N3O6. The minimum Gasteiger partial charge on any atom is -0.464 e. The Morgan fingerprint density at radius 2 is 1.88 bits per heavy atom. The fourth-order valence-corrected chi connectivity index (χ4v) is 5.12. The zero-order chi connectivity index (χ0) is 27.5. The lowest BCUT2D eigenvalue weighted by Crippen LogP contribution is -2.45. The van der Waals surface area contributed by atoms with Crippen LogP contribution in [0.5, 0.6) is 11.5 Å². The smallest absolute Gasteiger partial charge is 0.271 e. The van der Waals surface area contributed by atoms with Crippen LogP contribution in [-0.2, 0) is 16.1 Å². The molecule has 2 aliphatic rings. The van der Waals surface area contributed by atoms with Crippen molar-refractivity contribution in [3.05, 3.63) is 95.6 Å². The first-order valence-corrected chi connectivity index (χ1v) is 13.4. The maximum Gasteiger partial charge on any atom is 0.271 e. The van der Waals surface area contributed by atoms with Crippen molar-refractivity contribution < 1.29 is 28.2 Å². The fourth-order valence-electron chi connectivity index (χ4n) is 5.12. The van der Waals surface area contributed by atoms with Crippen LogP contribution in [0.1, 0.15) is 46.5 Å². The first-order chi connectivity index (χ1) is 19.5. The van der Waals surface area contributed by atoms with E-state index in [-0.39, 0.29) is 31.3 Å². The number of aromatic amines is 1. The highest BCUT2D eigenvalue weighted by Crippen LogP contribution is 2.34. The van der Waals surface area contributed by atoms with Gasteiger partial charge in [-0.2, -0.15) is 0 Å². The van der Waals surface area contributed by atoms with E-state index >= 15 is 0 Å². The van der Waals surface area contributed by atoms with Gasteiger partial charge in [0.2, 0.25) is 6.79 Å². The summed E-state index contributed by atoms with van der Waals surface area (Å²) in [5.74, 6) is 1.59. The maximum absolute atomic E-state index is 14.2. The molecule has 2 amide bonds. The number of carbonyl (C=O) groups is 2. The summed E-state index contributed by atoms with van der Waals surface area (Å²) >= 11 is 0. The van der Waals surface area contributed by atoms with Crippen LogP contribution in [0.15, 0.2) is 77.2 Å². The number of nitrogens with one attached hydrogen (secondary N) is 2. The Morgan fingerprint density at radius 1 is 1.02 bits per heavy atom. The van der Waals surface area contributed by atoms with Crippen LogP contribution in [0.25, 0.3) is 11.3 Å². The number of amides is 2. The lowest BCUT2D eigenvalue weighted by atomic mass is 10.1. The molecule has 2 aromatic heterocycles. The Bertz CT molecular complexity index is 1490. The van der Waals surface area contributed by atoms with Gasteiger partial charge in [-0.05, 0) is 67.3 Å². The van der Waals surface area contributed by atoms with E-state index in [0.717, 1.165) is 29.7 Å². The van der Waals surface area contributed by atoms with Crippen molar-refractivity contribution in [2.45, 2.75) is 38.5 Å². The Balaban J connectivity index is 1.35. The van der Waals surface area contributed by atoms with Gasteiger partial charge in [-0.1, -0.05) is 36.4 Å². The van der Waals surface area contributed by atoms with E-state index in [1.54, 1.807) is 18.2 Å². The Labute approximate surface area is 232 Å². The summed E-state index contributed by atoms with van der Waals surface area (Å²) in [4.78, 5) is 32.8. The second-order valence-corrected chi connectivity index (χ2v) is 10.0. The van der Waals surface area contributed by atoms with E-state index in [0.29, 0.717) is 41.9 Å². The average Bonchev–Trinajstić information content (AvgIpc) is 3.79. The largest absolute Gasteiger partial charge is 0.464 e. The van der Waals surface area contributed by atoms with E-state index < -0.39 is 6.04 Å². The van der Waals surface area contributed by atoms with Crippen molar-refractivity contribution in [1.29, 1.82) is 0 Å². The number of aryl methyl sites for hydroxylation is 1. The Morgan fingerprint density at radius 3 is 2.65 bits per heavy atom. The van der Waals surface area contributed by atoms with E-state index in [1.165, 1.54) is 4.90 Å². The summed E-state index contributed by atoms with van der Waals surface area (Å²) in [5, 5.41) is 3.01. The van der Waals surface area contributed by atoms with E-state index in [1.807, 2.05) is 61.5 Å². The number of nitrogens with zero attached hydrogens (tertiary/aromatic N) is 1. The number of benzene rings is 2. The van der Waals surface area contributed by atoms with Crippen molar-refractivity contribution >= 4 is 11.8 Å². The van der Waals surface area contributed by atoms with Crippen LogP contribution in [0.3, 0.4) is 0 Å². The summed E-state index contributed by atoms with van der Waals surface area (Å²) in [6.45, 7) is 3.14. The van der Waals surface area contributed by atoms with Crippen molar-refractivity contribution in [2.24, 2.45) is 0 Å². The third-order valence-corrected chi connectivity index (χ3v) is 7.17. The number of H-pyrrole nitrogens is 1. The first-order valence-electron chi connectivity index (χ1n) is 13.4. The molecule has 40 heavy (non-hydrogen) atoms. The van der Waals surface area contributed by atoms with Crippen molar-refractivity contribution in [2.75, 3.05) is 19.9 Å². The van der Waals surface area contributed by atoms with Gasteiger partial charge in [-0.15, -0.1) is 0 Å². The van der Waals surface area contributed by atoms with Gasteiger partial charge in [-0.3, -0.25) is 9.59 Å². The second kappa shape index (κ2) is 11.3. The van der Waals surface area contributed by atoms with Crippen LogP contribution in [0.4, 0.5) is 0 Å². The first kappa shape index (κ1) is 25.8. The highest BCUT2D eigenvalue weighted by atomic mass is 16.7.